The maximum atomic E-state index is 14.2. The lowest BCUT2D eigenvalue weighted by Gasteiger charge is -2.29. The highest BCUT2D eigenvalue weighted by Crippen LogP contribution is 2.33. The smallest absolute Gasteiger partial charge is 0.254 e. The number of nitrogens with zero attached hydrogens (tertiary/aromatic N) is 2. The minimum absolute atomic E-state index is 0.0414. The normalized spacial score (nSPS) is 15.7. The van der Waals surface area contributed by atoms with Crippen molar-refractivity contribution in [1.82, 2.24) is 9.80 Å². The molecule has 2 amide bonds. The Labute approximate surface area is 272 Å². The number of ether oxygens (including phenoxy) is 3. The summed E-state index contributed by atoms with van der Waals surface area (Å²) in [7, 11) is 0. The summed E-state index contributed by atoms with van der Waals surface area (Å²) in [6.07, 6.45) is 2.93. The molecule has 1 aromatic heterocycles. The maximum absolute atomic E-state index is 14.2. The van der Waals surface area contributed by atoms with Crippen LogP contribution in [-0.4, -0.2) is 54.2 Å². The summed E-state index contributed by atoms with van der Waals surface area (Å²) in [6.45, 7) is 7.29. The Morgan fingerprint density at radius 1 is 0.935 bits per heavy atom. The number of hydrogen-bond acceptors (Lipinski definition) is 7. The van der Waals surface area contributed by atoms with Crippen molar-refractivity contribution < 1.29 is 28.2 Å². The van der Waals surface area contributed by atoms with Gasteiger partial charge in [0.15, 0.2) is 16.9 Å². The van der Waals surface area contributed by atoms with E-state index in [1.807, 2.05) is 36.4 Å². The van der Waals surface area contributed by atoms with Crippen LogP contribution in [-0.2, 0) is 28.0 Å². The maximum Gasteiger partial charge on any atom is 0.254 e. The van der Waals surface area contributed by atoms with E-state index in [4.69, 9.17) is 30.2 Å². The Kier molecular flexibility index (Phi) is 9.06. The molecule has 9 nitrogen and oxygen atoms in total. The number of hydrogen-bond donors (Lipinski definition) is 0. The molecule has 1 saturated heterocycles. The lowest BCUT2D eigenvalue weighted by Crippen LogP contribution is -2.45. The van der Waals surface area contributed by atoms with Crippen molar-refractivity contribution in [3.63, 3.8) is 0 Å². The third-order valence-electron chi connectivity index (χ3n) is 8.39. The van der Waals surface area contributed by atoms with E-state index in [-0.39, 0.29) is 61.7 Å². The summed E-state index contributed by atoms with van der Waals surface area (Å²) in [6, 6.07) is 17.8. The monoisotopic (exact) mass is 644 g/mol. The van der Waals surface area contributed by atoms with Crippen molar-refractivity contribution in [2.24, 2.45) is 0 Å². The summed E-state index contributed by atoms with van der Waals surface area (Å²) in [5, 5.41) is 0.735. The number of fused-ring (bicyclic) bond motifs is 2. The molecule has 0 N–H and O–H groups in total. The molecule has 1 atom stereocenters. The second-order valence-corrected chi connectivity index (χ2v) is 13.3. The third kappa shape index (κ3) is 7.06. The molecule has 1 fully saturated rings. The van der Waals surface area contributed by atoms with Gasteiger partial charge in [0.25, 0.3) is 5.91 Å². The molecule has 4 aromatic rings. The molecular weight excluding hydrogens is 608 g/mol. The molecule has 0 radical (unpaired) electrons. The van der Waals surface area contributed by atoms with Crippen LogP contribution in [0.3, 0.4) is 0 Å². The first-order valence-electron chi connectivity index (χ1n) is 15.4. The molecule has 240 valence electrons. The predicted octanol–water partition coefficient (Wildman–Crippen LogP) is 6.32. The van der Waals surface area contributed by atoms with Crippen LogP contribution >= 0.6 is 11.6 Å². The lowest BCUT2D eigenvalue weighted by molar-refractivity contribution is -0.133. The van der Waals surface area contributed by atoms with Crippen LogP contribution < -0.4 is 14.9 Å². The van der Waals surface area contributed by atoms with Gasteiger partial charge in [-0.15, -0.1) is 0 Å². The Morgan fingerprint density at radius 3 is 2.46 bits per heavy atom. The number of carbonyl (C=O) groups is 2. The van der Waals surface area contributed by atoms with E-state index in [0.29, 0.717) is 45.2 Å². The predicted molar refractivity (Wildman–Crippen MR) is 174 cm³/mol. The van der Waals surface area contributed by atoms with E-state index >= 15 is 0 Å². The van der Waals surface area contributed by atoms with Gasteiger partial charge < -0.3 is 28.4 Å². The van der Waals surface area contributed by atoms with Gasteiger partial charge in [0, 0.05) is 30.3 Å². The van der Waals surface area contributed by atoms with Crippen LogP contribution in [0.4, 0.5) is 0 Å². The average molecular weight is 645 g/mol. The Hall–Kier alpha value is -4.34. The largest absolute Gasteiger partial charge is 0.464 e. The Balaban J connectivity index is 1.30. The molecule has 2 aliphatic rings. The van der Waals surface area contributed by atoms with Crippen LogP contribution in [0.5, 0.6) is 11.5 Å². The standard InChI is InChI=1S/C36H37ClN2O7/c1-36(2,3)26-9-7-24(8-10-26)35(42)39(19-28-5-4-14-43-28)20-33(40)38(17-23-6-12-31-32(15-23)46-22-45-31)18-25-21-44-30-13-11-27(37)16-29(30)34(25)41/h6-13,15-16,21,28H,4-5,14,17-20,22H2,1-3H3/t28-/m1/s1. The zero-order chi connectivity index (χ0) is 32.4. The number of rotatable bonds is 9. The fourth-order valence-electron chi connectivity index (χ4n) is 5.76. The lowest BCUT2D eigenvalue weighted by atomic mass is 9.86. The zero-order valence-electron chi connectivity index (χ0n) is 26.2. The molecule has 2 aliphatic heterocycles. The first kappa shape index (κ1) is 31.6. The third-order valence-corrected chi connectivity index (χ3v) is 8.62. The summed E-state index contributed by atoms with van der Waals surface area (Å²) < 4.78 is 22.6. The highest BCUT2D eigenvalue weighted by molar-refractivity contribution is 6.31. The second kappa shape index (κ2) is 13.2. The van der Waals surface area contributed by atoms with Crippen LogP contribution in [0.15, 0.2) is 76.1 Å². The van der Waals surface area contributed by atoms with Crippen LogP contribution in [0.25, 0.3) is 11.0 Å². The zero-order valence-corrected chi connectivity index (χ0v) is 27.0. The van der Waals surface area contributed by atoms with Crippen LogP contribution in [0.1, 0.15) is 60.7 Å². The Bertz CT molecular complexity index is 1810. The molecule has 46 heavy (non-hydrogen) atoms. The molecule has 0 saturated carbocycles. The van der Waals surface area contributed by atoms with Gasteiger partial charge in [-0.25, -0.2) is 0 Å². The number of halogens is 1. The molecule has 0 bridgehead atoms. The second-order valence-electron chi connectivity index (χ2n) is 12.8. The first-order chi connectivity index (χ1) is 22.0. The van der Waals surface area contributed by atoms with E-state index in [9.17, 15) is 14.4 Å². The molecule has 3 heterocycles. The topological polar surface area (TPSA) is 98.5 Å². The molecule has 3 aromatic carbocycles. The minimum atomic E-state index is -0.332. The van der Waals surface area contributed by atoms with Gasteiger partial charge in [-0.1, -0.05) is 50.6 Å². The van der Waals surface area contributed by atoms with Crippen molar-refractivity contribution in [2.45, 2.75) is 58.2 Å². The van der Waals surface area contributed by atoms with Gasteiger partial charge in [-0.3, -0.25) is 14.4 Å². The minimum Gasteiger partial charge on any atom is -0.464 e. The van der Waals surface area contributed by atoms with E-state index in [1.54, 1.807) is 34.1 Å². The van der Waals surface area contributed by atoms with E-state index in [2.05, 4.69) is 20.8 Å². The highest BCUT2D eigenvalue weighted by Gasteiger charge is 2.28. The summed E-state index contributed by atoms with van der Waals surface area (Å²) in [4.78, 5) is 44.7. The molecule has 0 aliphatic carbocycles. The molecule has 10 heteroatoms. The number of carbonyl (C=O) groups excluding carboxylic acids is 2. The van der Waals surface area contributed by atoms with Gasteiger partial charge in [0.2, 0.25) is 12.7 Å². The van der Waals surface area contributed by atoms with E-state index in [0.717, 1.165) is 24.0 Å². The van der Waals surface area contributed by atoms with Crippen molar-refractivity contribution in [3.05, 3.63) is 104 Å². The SMILES string of the molecule is CC(C)(C)c1ccc(C(=O)N(CC(=O)N(Cc2ccc3c(c2)OCO3)Cc2coc3ccc(Cl)cc3c2=O)C[C@H]2CCCO2)cc1. The highest BCUT2D eigenvalue weighted by atomic mass is 35.5. The number of amides is 2. The number of benzene rings is 3. The van der Waals surface area contributed by atoms with Gasteiger partial charge in [0.1, 0.15) is 12.1 Å². The van der Waals surface area contributed by atoms with Gasteiger partial charge in [0.05, 0.1) is 29.9 Å². The molecule has 6 rings (SSSR count). The van der Waals surface area contributed by atoms with Crippen molar-refractivity contribution in [3.8, 4) is 11.5 Å². The van der Waals surface area contributed by atoms with E-state index < -0.39 is 0 Å². The summed E-state index contributed by atoms with van der Waals surface area (Å²) >= 11 is 6.18. The summed E-state index contributed by atoms with van der Waals surface area (Å²) in [5.41, 5.74) is 2.73. The van der Waals surface area contributed by atoms with Crippen molar-refractivity contribution in [1.29, 1.82) is 0 Å². The molecule has 0 unspecified atom stereocenters. The first-order valence-corrected chi connectivity index (χ1v) is 15.8. The van der Waals surface area contributed by atoms with Gasteiger partial charge in [-0.2, -0.15) is 0 Å². The van der Waals surface area contributed by atoms with Crippen molar-refractivity contribution in [2.75, 3.05) is 26.5 Å². The quantitative estimate of drug-likeness (QED) is 0.210. The molecular formula is C36H37ClN2O7. The fourth-order valence-corrected chi connectivity index (χ4v) is 5.93. The van der Waals surface area contributed by atoms with Gasteiger partial charge >= 0.3 is 0 Å². The van der Waals surface area contributed by atoms with Gasteiger partial charge in [-0.05, 0) is 71.8 Å². The summed E-state index contributed by atoms with van der Waals surface area (Å²) in [5.74, 6) is 0.617. The van der Waals surface area contributed by atoms with Crippen LogP contribution in [0.2, 0.25) is 5.02 Å². The Morgan fingerprint density at radius 2 is 1.72 bits per heavy atom. The van der Waals surface area contributed by atoms with Crippen LogP contribution in [0, 0.1) is 0 Å². The van der Waals surface area contributed by atoms with Crippen molar-refractivity contribution >= 4 is 34.4 Å². The average Bonchev–Trinajstić information content (AvgIpc) is 3.73. The molecule has 0 spiro atoms. The fraction of sp³-hybridized carbons (Fsp3) is 0.361. The van der Waals surface area contributed by atoms with E-state index in [1.165, 1.54) is 6.26 Å².